The van der Waals surface area contributed by atoms with E-state index in [1.165, 1.54) is 0 Å². The van der Waals surface area contributed by atoms with E-state index in [1.807, 2.05) is 12.1 Å². The van der Waals surface area contributed by atoms with Crippen molar-refractivity contribution < 1.29 is 0 Å². The maximum Gasteiger partial charge on any atom is 0.123 e. The van der Waals surface area contributed by atoms with Gasteiger partial charge < -0.3 is 21.3 Å². The van der Waals surface area contributed by atoms with Crippen molar-refractivity contribution in [1.29, 1.82) is 0 Å². The van der Waals surface area contributed by atoms with Crippen molar-refractivity contribution in [3.63, 3.8) is 0 Å². The van der Waals surface area contributed by atoms with Gasteiger partial charge in [0, 0.05) is 32.2 Å². The highest BCUT2D eigenvalue weighted by molar-refractivity contribution is 5.45. The summed E-state index contributed by atoms with van der Waals surface area (Å²) in [5.74, 6) is 0.562. The summed E-state index contributed by atoms with van der Waals surface area (Å²) < 4.78 is 0. The van der Waals surface area contributed by atoms with Gasteiger partial charge in [0.1, 0.15) is 5.82 Å². The summed E-state index contributed by atoms with van der Waals surface area (Å²) in [5.41, 5.74) is 6.57. The minimum absolute atomic E-state index is 0.562. The zero-order valence-corrected chi connectivity index (χ0v) is 10.3. The Morgan fingerprint density at radius 3 is 3.18 bits per heavy atom. The average molecular weight is 235 g/mol. The fraction of sp³-hybridized carbons (Fsp3) is 0.583. The summed E-state index contributed by atoms with van der Waals surface area (Å²) in [5, 5.41) is 6.79. The number of aromatic nitrogens is 1. The van der Waals surface area contributed by atoms with Crippen LogP contribution in [0.3, 0.4) is 0 Å². The van der Waals surface area contributed by atoms with E-state index in [9.17, 15) is 0 Å². The zero-order valence-electron chi connectivity index (χ0n) is 10.3. The normalized spacial score (nSPS) is 21.4. The highest BCUT2D eigenvalue weighted by Gasteiger charge is 2.17. The molecule has 0 aliphatic carbocycles. The fourth-order valence-corrected chi connectivity index (χ4v) is 2.08. The SMILES string of the molecule is CN1CCNCC1CCNc1ccc(N)nc1. The van der Waals surface area contributed by atoms with Crippen LogP contribution in [-0.4, -0.2) is 49.2 Å². The molecule has 1 aromatic rings. The molecular formula is C12H21N5. The first-order valence-electron chi connectivity index (χ1n) is 6.12. The van der Waals surface area contributed by atoms with Gasteiger partial charge in [0.2, 0.25) is 0 Å². The first-order chi connectivity index (χ1) is 8.25. The van der Waals surface area contributed by atoms with E-state index in [4.69, 9.17) is 5.73 Å². The van der Waals surface area contributed by atoms with Gasteiger partial charge in [-0.15, -0.1) is 0 Å². The number of anilines is 2. The summed E-state index contributed by atoms with van der Waals surface area (Å²) >= 11 is 0. The van der Waals surface area contributed by atoms with Crippen LogP contribution in [0.1, 0.15) is 6.42 Å². The van der Waals surface area contributed by atoms with Gasteiger partial charge in [-0.2, -0.15) is 0 Å². The first kappa shape index (κ1) is 12.1. The Labute approximate surface area is 102 Å². The van der Waals surface area contributed by atoms with Gasteiger partial charge in [-0.1, -0.05) is 0 Å². The number of rotatable bonds is 4. The number of pyridine rings is 1. The number of nitrogen functional groups attached to an aromatic ring is 1. The highest BCUT2D eigenvalue weighted by atomic mass is 15.2. The Balaban J connectivity index is 1.73. The van der Waals surface area contributed by atoms with E-state index in [0.717, 1.165) is 38.3 Å². The smallest absolute Gasteiger partial charge is 0.123 e. The van der Waals surface area contributed by atoms with Crippen LogP contribution >= 0.6 is 0 Å². The fourth-order valence-electron chi connectivity index (χ4n) is 2.08. The standard InChI is InChI=1S/C12H21N5/c1-17-7-6-14-9-11(17)4-5-15-10-2-3-12(13)16-8-10/h2-3,8,11,14-15H,4-7,9H2,1H3,(H2,13,16). The minimum Gasteiger partial charge on any atom is -0.384 e. The molecule has 2 rings (SSSR count). The van der Waals surface area contributed by atoms with Gasteiger partial charge in [0.05, 0.1) is 11.9 Å². The molecule has 4 N–H and O–H groups in total. The van der Waals surface area contributed by atoms with Crippen LogP contribution in [0.5, 0.6) is 0 Å². The predicted molar refractivity (Wildman–Crippen MR) is 71.0 cm³/mol. The van der Waals surface area contributed by atoms with E-state index < -0.39 is 0 Å². The second-order valence-corrected chi connectivity index (χ2v) is 4.53. The molecule has 0 saturated carbocycles. The second-order valence-electron chi connectivity index (χ2n) is 4.53. The van der Waals surface area contributed by atoms with Crippen molar-refractivity contribution in [1.82, 2.24) is 15.2 Å². The van der Waals surface area contributed by atoms with Gasteiger partial charge in [0.15, 0.2) is 0 Å². The third kappa shape index (κ3) is 3.57. The number of piperazine rings is 1. The Morgan fingerprint density at radius 2 is 2.47 bits per heavy atom. The lowest BCUT2D eigenvalue weighted by Crippen LogP contribution is -2.49. The van der Waals surface area contributed by atoms with E-state index in [2.05, 4.69) is 27.6 Å². The van der Waals surface area contributed by atoms with Crippen LogP contribution < -0.4 is 16.4 Å². The summed E-state index contributed by atoms with van der Waals surface area (Å²) in [6, 6.07) is 4.40. The lowest BCUT2D eigenvalue weighted by Gasteiger charge is -2.33. The Hall–Kier alpha value is -1.33. The molecule has 1 fully saturated rings. The maximum absolute atomic E-state index is 5.54. The molecule has 1 aromatic heterocycles. The molecule has 0 spiro atoms. The van der Waals surface area contributed by atoms with E-state index in [-0.39, 0.29) is 0 Å². The van der Waals surface area contributed by atoms with Crippen molar-refractivity contribution in [2.24, 2.45) is 0 Å². The second kappa shape index (κ2) is 5.84. The molecule has 17 heavy (non-hydrogen) atoms. The molecule has 0 amide bonds. The molecule has 1 aliphatic rings. The summed E-state index contributed by atoms with van der Waals surface area (Å²) in [6.45, 7) is 4.27. The summed E-state index contributed by atoms with van der Waals surface area (Å²) in [4.78, 5) is 6.47. The van der Waals surface area contributed by atoms with Crippen LogP contribution in [0, 0.1) is 0 Å². The maximum atomic E-state index is 5.54. The van der Waals surface area contributed by atoms with Crippen molar-refractivity contribution >= 4 is 11.5 Å². The molecule has 1 atom stereocenters. The first-order valence-corrected chi connectivity index (χ1v) is 6.12. The predicted octanol–water partition coefficient (Wildman–Crippen LogP) is 0.369. The van der Waals surface area contributed by atoms with Gasteiger partial charge in [-0.05, 0) is 25.6 Å². The van der Waals surface area contributed by atoms with Gasteiger partial charge in [-0.25, -0.2) is 4.98 Å². The third-order valence-electron chi connectivity index (χ3n) is 3.24. The average Bonchev–Trinajstić information content (AvgIpc) is 2.34. The molecule has 2 heterocycles. The number of likely N-dealkylation sites (N-methyl/N-ethyl adjacent to an activating group) is 1. The molecule has 5 nitrogen and oxygen atoms in total. The monoisotopic (exact) mass is 235 g/mol. The van der Waals surface area contributed by atoms with Crippen LogP contribution in [0.2, 0.25) is 0 Å². The van der Waals surface area contributed by atoms with Crippen LogP contribution in [0.15, 0.2) is 18.3 Å². The number of nitrogens with two attached hydrogens (primary N) is 1. The molecule has 1 aliphatic heterocycles. The Bertz CT molecular complexity index is 337. The van der Waals surface area contributed by atoms with Crippen molar-refractivity contribution in [2.75, 3.05) is 44.3 Å². The topological polar surface area (TPSA) is 66.2 Å². The van der Waals surface area contributed by atoms with Gasteiger partial charge in [0.25, 0.3) is 0 Å². The largest absolute Gasteiger partial charge is 0.384 e. The molecule has 1 unspecified atom stereocenters. The molecule has 0 aromatic carbocycles. The van der Waals surface area contributed by atoms with E-state index in [0.29, 0.717) is 11.9 Å². The molecular weight excluding hydrogens is 214 g/mol. The van der Waals surface area contributed by atoms with Gasteiger partial charge in [-0.3, -0.25) is 0 Å². The van der Waals surface area contributed by atoms with Gasteiger partial charge >= 0.3 is 0 Å². The number of hydrogen-bond acceptors (Lipinski definition) is 5. The van der Waals surface area contributed by atoms with E-state index >= 15 is 0 Å². The highest BCUT2D eigenvalue weighted by Crippen LogP contribution is 2.09. The molecule has 1 saturated heterocycles. The van der Waals surface area contributed by atoms with Crippen molar-refractivity contribution in [3.05, 3.63) is 18.3 Å². The zero-order chi connectivity index (χ0) is 12.1. The van der Waals surface area contributed by atoms with Crippen LogP contribution in [0.25, 0.3) is 0 Å². The lowest BCUT2D eigenvalue weighted by atomic mass is 10.1. The summed E-state index contributed by atoms with van der Waals surface area (Å²) in [6.07, 6.45) is 2.91. The minimum atomic E-state index is 0.562. The molecule has 94 valence electrons. The lowest BCUT2D eigenvalue weighted by molar-refractivity contribution is 0.194. The van der Waals surface area contributed by atoms with Crippen molar-refractivity contribution in [3.8, 4) is 0 Å². The Kier molecular flexibility index (Phi) is 4.17. The van der Waals surface area contributed by atoms with Crippen LogP contribution in [-0.2, 0) is 0 Å². The number of nitrogens with zero attached hydrogens (tertiary/aromatic N) is 2. The number of nitrogens with one attached hydrogen (secondary N) is 2. The Morgan fingerprint density at radius 1 is 1.59 bits per heavy atom. The third-order valence-corrected chi connectivity index (χ3v) is 3.24. The molecule has 0 bridgehead atoms. The van der Waals surface area contributed by atoms with Crippen molar-refractivity contribution in [2.45, 2.75) is 12.5 Å². The summed E-state index contributed by atoms with van der Waals surface area (Å²) in [7, 11) is 2.19. The molecule has 0 radical (unpaired) electrons. The van der Waals surface area contributed by atoms with E-state index in [1.54, 1.807) is 6.20 Å². The number of hydrogen-bond donors (Lipinski definition) is 3. The quantitative estimate of drug-likeness (QED) is 0.703. The van der Waals surface area contributed by atoms with Crippen LogP contribution in [0.4, 0.5) is 11.5 Å². The molecule has 5 heteroatoms.